The second-order valence-electron chi connectivity index (χ2n) is 9.59. The lowest BCUT2D eigenvalue weighted by atomic mass is 9.93. The Kier molecular flexibility index (Phi) is 6.84. The maximum absolute atomic E-state index is 14.7. The van der Waals surface area contributed by atoms with Crippen LogP contribution in [0.5, 0.6) is 0 Å². The third-order valence-corrected chi connectivity index (χ3v) is 7.76. The number of fused-ring (bicyclic) bond motifs is 1. The summed E-state index contributed by atoms with van der Waals surface area (Å²) in [4.78, 5) is 38.2. The molecule has 0 bridgehead atoms. The van der Waals surface area contributed by atoms with Crippen molar-refractivity contribution in [2.45, 2.75) is 32.2 Å². The number of anilines is 2. The minimum Gasteiger partial charge on any atom is -0.371 e. The molecule has 1 unspecified atom stereocenters. The molecular weight excluding hydrogens is 497 g/mol. The molecule has 0 saturated carbocycles. The Morgan fingerprint density at radius 1 is 1.05 bits per heavy atom. The molecule has 0 aromatic carbocycles. The maximum Gasteiger partial charge on any atom is 0.216 e. The molecule has 0 aliphatic carbocycles. The van der Waals surface area contributed by atoms with Crippen LogP contribution in [0, 0.1) is 11.9 Å². The van der Waals surface area contributed by atoms with Gasteiger partial charge >= 0.3 is 0 Å². The standard InChI is InChI=1S/C25H28FN7O3S/c1-16-19-14-29-25(24-27-7-3-8-28-24)30-20(19)6-11-33(16)23-13-18(12-22(26)31-23)32-9-4-17(5-10-32)21(34)15-37(2,35)36/h3,7-8,12-14,16-17H,4-6,9-11,15H2,1-2H3. The van der Waals surface area contributed by atoms with Gasteiger partial charge in [0.1, 0.15) is 11.6 Å². The Morgan fingerprint density at radius 2 is 1.78 bits per heavy atom. The number of piperidine rings is 1. The Morgan fingerprint density at radius 3 is 2.49 bits per heavy atom. The molecular formula is C25H28FN7O3S. The van der Waals surface area contributed by atoms with Crippen LogP contribution in [0.1, 0.15) is 37.1 Å². The van der Waals surface area contributed by atoms with Gasteiger partial charge in [0.2, 0.25) is 5.95 Å². The van der Waals surface area contributed by atoms with Crippen molar-refractivity contribution in [2.24, 2.45) is 5.92 Å². The van der Waals surface area contributed by atoms with Gasteiger partial charge in [-0.1, -0.05) is 0 Å². The SMILES string of the molecule is CC1c2cnc(-c3ncccn3)nc2CCN1c1cc(N2CCC(C(=O)CS(C)(=O)=O)CC2)cc(F)n1. The summed E-state index contributed by atoms with van der Waals surface area (Å²) >= 11 is 0. The summed E-state index contributed by atoms with van der Waals surface area (Å²) in [6, 6.07) is 4.90. The minimum absolute atomic E-state index is 0.115. The van der Waals surface area contributed by atoms with Gasteiger partial charge in [-0.2, -0.15) is 4.39 Å². The number of Topliss-reactive ketones (excluding diaryl/α,β-unsaturated/α-hetero) is 1. The summed E-state index contributed by atoms with van der Waals surface area (Å²) in [5.41, 5.74) is 2.56. The van der Waals surface area contributed by atoms with Crippen molar-refractivity contribution in [3.63, 3.8) is 0 Å². The molecule has 1 atom stereocenters. The predicted molar refractivity (Wildman–Crippen MR) is 136 cm³/mol. The summed E-state index contributed by atoms with van der Waals surface area (Å²) in [6.07, 6.45) is 7.87. The molecule has 3 aromatic rings. The first kappa shape index (κ1) is 25.1. The predicted octanol–water partition coefficient (Wildman–Crippen LogP) is 2.42. The quantitative estimate of drug-likeness (QED) is 0.444. The van der Waals surface area contributed by atoms with Crippen molar-refractivity contribution in [3.8, 4) is 11.6 Å². The third kappa shape index (κ3) is 5.58. The summed E-state index contributed by atoms with van der Waals surface area (Å²) in [5, 5.41) is 0. The zero-order chi connectivity index (χ0) is 26.2. The van der Waals surface area contributed by atoms with Crippen LogP contribution in [0.15, 0.2) is 36.8 Å². The largest absolute Gasteiger partial charge is 0.371 e. The molecule has 0 N–H and O–H groups in total. The first-order valence-corrected chi connectivity index (χ1v) is 14.3. The van der Waals surface area contributed by atoms with Crippen LogP contribution in [-0.4, -0.2) is 70.8 Å². The second kappa shape index (κ2) is 10.1. The first-order valence-electron chi connectivity index (χ1n) is 12.2. The molecule has 2 aliphatic rings. The van der Waals surface area contributed by atoms with Gasteiger partial charge in [0.05, 0.1) is 11.7 Å². The number of pyridine rings is 1. The van der Waals surface area contributed by atoms with E-state index in [4.69, 9.17) is 0 Å². The smallest absolute Gasteiger partial charge is 0.216 e. The highest BCUT2D eigenvalue weighted by Gasteiger charge is 2.30. The van der Waals surface area contributed by atoms with Gasteiger partial charge in [0.25, 0.3) is 0 Å². The number of carbonyl (C=O) groups excluding carboxylic acids is 1. The molecule has 1 fully saturated rings. The number of nitrogens with zero attached hydrogens (tertiary/aromatic N) is 7. The Balaban J connectivity index is 1.32. The third-order valence-electron chi connectivity index (χ3n) is 6.95. The van der Waals surface area contributed by atoms with Crippen LogP contribution >= 0.6 is 0 Å². The lowest BCUT2D eigenvalue weighted by molar-refractivity contribution is -0.120. The minimum atomic E-state index is -3.35. The zero-order valence-electron chi connectivity index (χ0n) is 20.7. The molecule has 5 heterocycles. The Hall–Kier alpha value is -3.54. The van der Waals surface area contributed by atoms with Crippen molar-refractivity contribution in [1.82, 2.24) is 24.9 Å². The van der Waals surface area contributed by atoms with Gasteiger partial charge in [-0.05, 0) is 25.8 Å². The van der Waals surface area contributed by atoms with Gasteiger partial charge in [-0.15, -0.1) is 0 Å². The molecule has 1 saturated heterocycles. The van der Waals surface area contributed by atoms with Crippen LogP contribution in [0.4, 0.5) is 15.9 Å². The van der Waals surface area contributed by atoms with Crippen LogP contribution in [0.25, 0.3) is 11.6 Å². The molecule has 3 aromatic heterocycles. The van der Waals surface area contributed by atoms with Crippen LogP contribution in [0.2, 0.25) is 0 Å². The van der Waals surface area contributed by atoms with Crippen molar-refractivity contribution >= 4 is 27.1 Å². The van der Waals surface area contributed by atoms with Crippen molar-refractivity contribution in [1.29, 1.82) is 0 Å². The van der Waals surface area contributed by atoms with E-state index in [-0.39, 0.29) is 17.7 Å². The topological polar surface area (TPSA) is 122 Å². The highest BCUT2D eigenvalue weighted by molar-refractivity contribution is 7.91. The highest BCUT2D eigenvalue weighted by atomic mass is 32.2. The van der Waals surface area contributed by atoms with Crippen molar-refractivity contribution in [3.05, 3.63) is 54.0 Å². The van der Waals surface area contributed by atoms with E-state index in [2.05, 4.69) is 24.9 Å². The number of ketones is 1. The van der Waals surface area contributed by atoms with Gasteiger partial charge in [0.15, 0.2) is 27.3 Å². The molecule has 194 valence electrons. The number of aromatic nitrogens is 5. The van der Waals surface area contributed by atoms with E-state index in [9.17, 15) is 17.6 Å². The van der Waals surface area contributed by atoms with Gasteiger partial charge in [-0.3, -0.25) is 4.79 Å². The number of halogens is 1. The zero-order valence-corrected chi connectivity index (χ0v) is 21.5. The van der Waals surface area contributed by atoms with E-state index >= 15 is 0 Å². The van der Waals surface area contributed by atoms with Gasteiger partial charge < -0.3 is 9.80 Å². The van der Waals surface area contributed by atoms with Crippen molar-refractivity contribution in [2.75, 3.05) is 41.4 Å². The summed E-state index contributed by atoms with van der Waals surface area (Å²) in [7, 11) is -3.35. The lowest BCUT2D eigenvalue weighted by Crippen LogP contribution is -2.38. The number of rotatable bonds is 6. The Labute approximate surface area is 214 Å². The molecule has 12 heteroatoms. The van der Waals surface area contributed by atoms with Crippen LogP contribution in [0.3, 0.4) is 0 Å². The molecule has 10 nitrogen and oxygen atoms in total. The lowest BCUT2D eigenvalue weighted by Gasteiger charge is -2.37. The summed E-state index contributed by atoms with van der Waals surface area (Å²) in [5.74, 6) is -0.0600. The molecule has 5 rings (SSSR count). The van der Waals surface area contributed by atoms with Crippen LogP contribution < -0.4 is 9.80 Å². The summed E-state index contributed by atoms with van der Waals surface area (Å²) in [6.45, 7) is 3.71. The van der Waals surface area contributed by atoms with E-state index in [1.165, 1.54) is 6.07 Å². The molecule has 37 heavy (non-hydrogen) atoms. The second-order valence-corrected chi connectivity index (χ2v) is 11.7. The van der Waals surface area contributed by atoms with E-state index in [1.54, 1.807) is 24.7 Å². The van der Waals surface area contributed by atoms with E-state index in [0.717, 1.165) is 17.5 Å². The number of sulfone groups is 1. The number of carbonyl (C=O) groups is 1. The molecule has 0 spiro atoms. The average molecular weight is 526 g/mol. The van der Waals surface area contributed by atoms with E-state index in [0.29, 0.717) is 62.1 Å². The van der Waals surface area contributed by atoms with Gasteiger partial charge in [-0.25, -0.2) is 33.3 Å². The fourth-order valence-electron chi connectivity index (χ4n) is 5.03. The van der Waals surface area contributed by atoms with Crippen molar-refractivity contribution < 1.29 is 17.6 Å². The fourth-order valence-corrected chi connectivity index (χ4v) is 5.79. The normalized spacial score (nSPS) is 18.5. The van der Waals surface area contributed by atoms with Crippen LogP contribution in [-0.2, 0) is 21.1 Å². The maximum atomic E-state index is 14.7. The molecule has 0 amide bonds. The molecule has 2 aliphatic heterocycles. The highest BCUT2D eigenvalue weighted by Crippen LogP contribution is 2.34. The fraction of sp³-hybridized carbons (Fsp3) is 0.440. The number of hydrogen-bond donors (Lipinski definition) is 0. The van der Waals surface area contributed by atoms with E-state index < -0.39 is 21.5 Å². The first-order chi connectivity index (χ1) is 17.7. The monoisotopic (exact) mass is 525 g/mol. The number of hydrogen-bond acceptors (Lipinski definition) is 10. The van der Waals surface area contributed by atoms with E-state index in [1.807, 2.05) is 22.8 Å². The Bertz CT molecular complexity index is 1410. The summed E-state index contributed by atoms with van der Waals surface area (Å²) < 4.78 is 37.6. The molecule has 0 radical (unpaired) electrons. The van der Waals surface area contributed by atoms with Gasteiger partial charge in [0, 0.05) is 80.2 Å². The average Bonchev–Trinajstić information content (AvgIpc) is 2.88.